The zero-order chi connectivity index (χ0) is 7.56. The van der Waals surface area contributed by atoms with Gasteiger partial charge in [0.1, 0.15) is 0 Å². The van der Waals surface area contributed by atoms with Gasteiger partial charge >= 0.3 is 0 Å². The van der Waals surface area contributed by atoms with Gasteiger partial charge < -0.3 is 10.2 Å². The summed E-state index contributed by atoms with van der Waals surface area (Å²) < 4.78 is 0. The summed E-state index contributed by atoms with van der Waals surface area (Å²) in [5, 5.41) is 3.19. The van der Waals surface area contributed by atoms with Gasteiger partial charge in [-0.15, -0.1) is 0 Å². The van der Waals surface area contributed by atoms with Crippen LogP contribution in [-0.2, 0) is 0 Å². The average molecular weight is 141 g/mol. The van der Waals surface area contributed by atoms with Crippen molar-refractivity contribution in [1.82, 2.24) is 15.1 Å². The average Bonchev–Trinajstić information content (AvgIpc) is 2.15. The van der Waals surface area contributed by atoms with Gasteiger partial charge in [-0.05, 0) is 21.0 Å². The smallest absolute Gasteiger partial charge is 0.0964 e. The molecule has 1 rings (SSSR count). The Morgan fingerprint density at radius 1 is 1.60 bits per heavy atom. The van der Waals surface area contributed by atoms with E-state index in [4.69, 9.17) is 0 Å². The first-order valence-corrected chi connectivity index (χ1v) is 3.53. The summed E-state index contributed by atoms with van der Waals surface area (Å²) in [6.45, 7) is 3.12. The maximum absolute atomic E-state index is 3.19. The summed E-state index contributed by atoms with van der Waals surface area (Å²) in [6.07, 6.45) is 4.50. The van der Waals surface area contributed by atoms with Crippen LogP contribution in [0.5, 0.6) is 0 Å². The molecule has 3 nitrogen and oxygen atoms in total. The zero-order valence-corrected chi connectivity index (χ0v) is 6.83. The number of nitrogens with zero attached hydrogens (tertiary/aromatic N) is 2. The van der Waals surface area contributed by atoms with Crippen molar-refractivity contribution >= 4 is 0 Å². The first-order valence-electron chi connectivity index (χ1n) is 3.53. The van der Waals surface area contributed by atoms with E-state index < -0.39 is 0 Å². The predicted molar refractivity (Wildman–Crippen MR) is 42.1 cm³/mol. The second-order valence-corrected chi connectivity index (χ2v) is 2.89. The highest BCUT2D eigenvalue weighted by atomic mass is 15.4. The van der Waals surface area contributed by atoms with Gasteiger partial charge in [-0.3, -0.25) is 4.90 Å². The molecule has 0 aliphatic carbocycles. The largest absolute Gasteiger partial charge is 0.370 e. The molecule has 1 atom stereocenters. The standard InChI is InChI=1S/C7H15N3/c1-7-8-4-5-10(7)6-9(2)3/h4-5,7-8H,6H2,1-3H3. The Balaban J connectivity index is 2.33. The van der Waals surface area contributed by atoms with E-state index in [1.807, 2.05) is 6.20 Å². The van der Waals surface area contributed by atoms with E-state index >= 15 is 0 Å². The Kier molecular flexibility index (Phi) is 2.17. The molecule has 1 heterocycles. The summed E-state index contributed by atoms with van der Waals surface area (Å²) in [5.74, 6) is 0. The fourth-order valence-corrected chi connectivity index (χ4v) is 0.999. The van der Waals surface area contributed by atoms with Crippen molar-refractivity contribution in [3.05, 3.63) is 12.4 Å². The molecule has 1 aliphatic rings. The highest BCUT2D eigenvalue weighted by Gasteiger charge is 2.12. The minimum atomic E-state index is 0.447. The van der Waals surface area contributed by atoms with Gasteiger partial charge in [0.25, 0.3) is 0 Å². The SMILES string of the molecule is CC1NC=CN1CN(C)C. The molecule has 1 N–H and O–H groups in total. The molecule has 0 amide bonds. The summed E-state index contributed by atoms with van der Waals surface area (Å²) >= 11 is 0. The van der Waals surface area contributed by atoms with E-state index in [1.54, 1.807) is 0 Å². The Bertz CT molecular complexity index is 131. The van der Waals surface area contributed by atoms with Gasteiger partial charge in [0.05, 0.1) is 12.8 Å². The van der Waals surface area contributed by atoms with Crippen LogP contribution in [0.15, 0.2) is 12.4 Å². The van der Waals surface area contributed by atoms with E-state index in [0.717, 1.165) is 6.67 Å². The molecule has 0 aromatic carbocycles. The van der Waals surface area contributed by atoms with Crippen LogP contribution in [-0.4, -0.2) is 36.7 Å². The third kappa shape index (κ3) is 1.64. The van der Waals surface area contributed by atoms with Crippen LogP contribution < -0.4 is 5.32 Å². The molecule has 0 saturated carbocycles. The van der Waals surface area contributed by atoms with Gasteiger partial charge in [-0.1, -0.05) is 0 Å². The van der Waals surface area contributed by atoms with E-state index in [2.05, 4.69) is 42.3 Å². The van der Waals surface area contributed by atoms with Crippen LogP contribution in [0.25, 0.3) is 0 Å². The highest BCUT2D eigenvalue weighted by molar-refractivity contribution is 4.91. The van der Waals surface area contributed by atoms with Crippen molar-refractivity contribution in [1.29, 1.82) is 0 Å². The Morgan fingerprint density at radius 3 is 2.70 bits per heavy atom. The fraction of sp³-hybridized carbons (Fsp3) is 0.714. The third-order valence-electron chi connectivity index (χ3n) is 1.55. The summed E-state index contributed by atoms with van der Waals surface area (Å²) in [7, 11) is 4.14. The second kappa shape index (κ2) is 2.92. The molecule has 1 unspecified atom stereocenters. The van der Waals surface area contributed by atoms with Crippen LogP contribution in [0.2, 0.25) is 0 Å². The fourth-order valence-electron chi connectivity index (χ4n) is 0.999. The molecule has 0 aromatic rings. The maximum atomic E-state index is 3.19. The summed E-state index contributed by atoms with van der Waals surface area (Å²) in [5.41, 5.74) is 0. The van der Waals surface area contributed by atoms with Gasteiger partial charge in [0.2, 0.25) is 0 Å². The molecule has 0 radical (unpaired) electrons. The van der Waals surface area contributed by atoms with Crippen molar-refractivity contribution in [2.24, 2.45) is 0 Å². The van der Waals surface area contributed by atoms with Crippen LogP contribution in [0.3, 0.4) is 0 Å². The highest BCUT2D eigenvalue weighted by Crippen LogP contribution is 2.02. The predicted octanol–water partition coefficient (Wildman–Crippen LogP) is 0.228. The first kappa shape index (κ1) is 7.41. The van der Waals surface area contributed by atoms with E-state index in [9.17, 15) is 0 Å². The molecular formula is C7H15N3. The van der Waals surface area contributed by atoms with Crippen molar-refractivity contribution in [3.8, 4) is 0 Å². The Hall–Kier alpha value is -0.700. The monoisotopic (exact) mass is 141 g/mol. The van der Waals surface area contributed by atoms with Crippen LogP contribution in [0.1, 0.15) is 6.92 Å². The number of rotatable bonds is 2. The minimum Gasteiger partial charge on any atom is -0.370 e. The summed E-state index contributed by atoms with van der Waals surface area (Å²) in [6, 6.07) is 0. The second-order valence-electron chi connectivity index (χ2n) is 2.89. The minimum absolute atomic E-state index is 0.447. The lowest BCUT2D eigenvalue weighted by molar-refractivity contribution is 0.195. The molecule has 1 aliphatic heterocycles. The zero-order valence-electron chi connectivity index (χ0n) is 6.83. The third-order valence-corrected chi connectivity index (χ3v) is 1.55. The van der Waals surface area contributed by atoms with Crippen molar-refractivity contribution < 1.29 is 0 Å². The van der Waals surface area contributed by atoms with E-state index in [1.165, 1.54) is 0 Å². The molecular weight excluding hydrogens is 126 g/mol. The normalized spacial score (nSPS) is 24.0. The Labute approximate surface area is 62.3 Å². The van der Waals surface area contributed by atoms with Gasteiger partial charge in [0.15, 0.2) is 0 Å². The van der Waals surface area contributed by atoms with Gasteiger partial charge in [-0.2, -0.15) is 0 Å². The van der Waals surface area contributed by atoms with E-state index in [-0.39, 0.29) is 0 Å². The molecule has 0 saturated heterocycles. The van der Waals surface area contributed by atoms with Gasteiger partial charge in [-0.25, -0.2) is 0 Å². The van der Waals surface area contributed by atoms with Crippen molar-refractivity contribution in [3.63, 3.8) is 0 Å². The molecule has 0 spiro atoms. The lowest BCUT2D eigenvalue weighted by Gasteiger charge is -2.25. The van der Waals surface area contributed by atoms with Crippen molar-refractivity contribution in [2.45, 2.75) is 13.1 Å². The van der Waals surface area contributed by atoms with Crippen LogP contribution in [0.4, 0.5) is 0 Å². The topological polar surface area (TPSA) is 18.5 Å². The molecule has 58 valence electrons. The number of nitrogens with one attached hydrogen (secondary N) is 1. The van der Waals surface area contributed by atoms with Crippen LogP contribution >= 0.6 is 0 Å². The molecule has 0 aromatic heterocycles. The molecule has 3 heteroatoms. The molecule has 0 bridgehead atoms. The Morgan fingerprint density at radius 2 is 2.30 bits per heavy atom. The lowest BCUT2D eigenvalue weighted by Crippen LogP contribution is -2.38. The lowest BCUT2D eigenvalue weighted by atomic mass is 10.5. The first-order chi connectivity index (χ1) is 4.70. The van der Waals surface area contributed by atoms with E-state index in [0.29, 0.717) is 6.17 Å². The summed E-state index contributed by atoms with van der Waals surface area (Å²) in [4.78, 5) is 4.38. The quantitative estimate of drug-likeness (QED) is 0.594. The molecule has 0 fully saturated rings. The van der Waals surface area contributed by atoms with Crippen molar-refractivity contribution in [2.75, 3.05) is 20.8 Å². The van der Waals surface area contributed by atoms with Gasteiger partial charge in [0, 0.05) is 12.4 Å². The van der Waals surface area contributed by atoms with Crippen LogP contribution in [0, 0.1) is 0 Å². The number of hydrogen-bond donors (Lipinski definition) is 1. The maximum Gasteiger partial charge on any atom is 0.0964 e. The molecule has 10 heavy (non-hydrogen) atoms. The number of hydrogen-bond acceptors (Lipinski definition) is 3.